The summed E-state index contributed by atoms with van der Waals surface area (Å²) in [6, 6.07) is 8.44. The molecule has 0 aliphatic rings. The lowest BCUT2D eigenvalue weighted by atomic mass is 10.1. The number of rotatable bonds is 7. The van der Waals surface area contributed by atoms with E-state index in [1.54, 1.807) is 0 Å². The van der Waals surface area contributed by atoms with Crippen molar-refractivity contribution in [3.05, 3.63) is 35.4 Å². The molecule has 1 aromatic carbocycles. The van der Waals surface area contributed by atoms with Crippen molar-refractivity contribution < 1.29 is 4.79 Å². The van der Waals surface area contributed by atoms with Crippen molar-refractivity contribution >= 4 is 5.91 Å². The summed E-state index contributed by atoms with van der Waals surface area (Å²) in [4.78, 5) is 14.0. The Balaban J connectivity index is 2.41. The molecule has 0 atom stereocenters. The Hall–Kier alpha value is -1.31. The van der Waals surface area contributed by atoms with Crippen LogP contribution in [0.1, 0.15) is 44.2 Å². The number of carbonyl (C=O) groups is 1. The number of nitrogens with zero attached hydrogens (tertiary/aromatic N) is 1. The Kier molecular flexibility index (Phi) is 6.48. The standard InChI is InChI=1S/C16H25NO/c1-4-6-13-17(5-2)16(18)12-11-15-9-7-14(3)8-10-15/h7-10H,4-6,11-13H2,1-3H3. The summed E-state index contributed by atoms with van der Waals surface area (Å²) in [5.41, 5.74) is 2.52. The fraction of sp³-hybridized carbons (Fsp3) is 0.562. The van der Waals surface area contributed by atoms with E-state index in [1.807, 2.05) is 4.90 Å². The highest BCUT2D eigenvalue weighted by molar-refractivity contribution is 5.76. The Morgan fingerprint density at radius 2 is 1.83 bits per heavy atom. The molecular weight excluding hydrogens is 222 g/mol. The number of amides is 1. The van der Waals surface area contributed by atoms with E-state index < -0.39 is 0 Å². The van der Waals surface area contributed by atoms with Crippen LogP contribution < -0.4 is 0 Å². The van der Waals surface area contributed by atoms with Crippen LogP contribution in [0.5, 0.6) is 0 Å². The van der Waals surface area contributed by atoms with Gasteiger partial charge in [0, 0.05) is 19.5 Å². The molecule has 100 valence electrons. The van der Waals surface area contributed by atoms with Crippen LogP contribution in [0.25, 0.3) is 0 Å². The lowest BCUT2D eigenvalue weighted by molar-refractivity contribution is -0.131. The lowest BCUT2D eigenvalue weighted by Crippen LogP contribution is -2.31. The minimum atomic E-state index is 0.284. The molecule has 1 amide bonds. The van der Waals surface area contributed by atoms with Gasteiger partial charge in [0.05, 0.1) is 0 Å². The van der Waals surface area contributed by atoms with Crippen LogP contribution in [0.15, 0.2) is 24.3 Å². The van der Waals surface area contributed by atoms with Crippen molar-refractivity contribution in [2.45, 2.75) is 46.5 Å². The lowest BCUT2D eigenvalue weighted by Gasteiger charge is -2.20. The average molecular weight is 247 g/mol. The first-order valence-electron chi connectivity index (χ1n) is 7.00. The molecule has 0 aromatic heterocycles. The second-order valence-electron chi connectivity index (χ2n) is 4.81. The van der Waals surface area contributed by atoms with Crippen LogP contribution in [0.2, 0.25) is 0 Å². The van der Waals surface area contributed by atoms with Crippen LogP contribution in [0, 0.1) is 6.92 Å². The zero-order valence-electron chi connectivity index (χ0n) is 11.9. The fourth-order valence-electron chi connectivity index (χ4n) is 1.97. The van der Waals surface area contributed by atoms with E-state index in [9.17, 15) is 4.79 Å². The summed E-state index contributed by atoms with van der Waals surface area (Å²) in [6.45, 7) is 8.02. The van der Waals surface area contributed by atoms with Crippen molar-refractivity contribution in [1.82, 2.24) is 4.90 Å². The molecule has 18 heavy (non-hydrogen) atoms. The van der Waals surface area contributed by atoms with Crippen molar-refractivity contribution in [2.24, 2.45) is 0 Å². The van der Waals surface area contributed by atoms with Crippen LogP contribution in [0.3, 0.4) is 0 Å². The highest BCUT2D eigenvalue weighted by Gasteiger charge is 2.10. The maximum Gasteiger partial charge on any atom is 0.222 e. The van der Waals surface area contributed by atoms with Gasteiger partial charge in [-0.3, -0.25) is 4.79 Å². The summed E-state index contributed by atoms with van der Waals surface area (Å²) < 4.78 is 0. The van der Waals surface area contributed by atoms with Crippen molar-refractivity contribution in [3.63, 3.8) is 0 Å². The molecule has 0 N–H and O–H groups in total. The van der Waals surface area contributed by atoms with E-state index in [0.29, 0.717) is 6.42 Å². The number of aryl methyl sites for hydroxylation is 2. The average Bonchev–Trinajstić information content (AvgIpc) is 2.39. The molecule has 2 nitrogen and oxygen atoms in total. The third-order valence-corrected chi connectivity index (χ3v) is 3.26. The third kappa shape index (κ3) is 4.91. The van der Waals surface area contributed by atoms with Crippen LogP contribution in [0.4, 0.5) is 0 Å². The minimum Gasteiger partial charge on any atom is -0.343 e. The first-order valence-corrected chi connectivity index (χ1v) is 7.00. The molecule has 0 radical (unpaired) electrons. The van der Waals surface area contributed by atoms with E-state index in [4.69, 9.17) is 0 Å². The maximum absolute atomic E-state index is 12.0. The van der Waals surface area contributed by atoms with Crippen molar-refractivity contribution in [3.8, 4) is 0 Å². The molecule has 2 heteroatoms. The van der Waals surface area contributed by atoms with Gasteiger partial charge < -0.3 is 4.90 Å². The van der Waals surface area contributed by atoms with Gasteiger partial charge in [0.1, 0.15) is 0 Å². The van der Waals surface area contributed by atoms with Crippen molar-refractivity contribution in [1.29, 1.82) is 0 Å². The van der Waals surface area contributed by atoms with E-state index in [-0.39, 0.29) is 5.91 Å². The molecular formula is C16H25NO. The van der Waals surface area contributed by atoms with Gasteiger partial charge in [-0.25, -0.2) is 0 Å². The molecule has 0 saturated heterocycles. The monoisotopic (exact) mass is 247 g/mol. The topological polar surface area (TPSA) is 20.3 Å². The Morgan fingerprint density at radius 1 is 1.17 bits per heavy atom. The van der Waals surface area contributed by atoms with Gasteiger partial charge in [0.15, 0.2) is 0 Å². The fourth-order valence-corrected chi connectivity index (χ4v) is 1.97. The van der Waals surface area contributed by atoms with Gasteiger partial charge in [-0.1, -0.05) is 43.2 Å². The maximum atomic E-state index is 12.0. The van der Waals surface area contributed by atoms with E-state index >= 15 is 0 Å². The Morgan fingerprint density at radius 3 is 2.39 bits per heavy atom. The first kappa shape index (κ1) is 14.7. The highest BCUT2D eigenvalue weighted by Crippen LogP contribution is 2.07. The summed E-state index contributed by atoms with van der Waals surface area (Å²) in [5, 5.41) is 0. The van der Waals surface area contributed by atoms with E-state index in [2.05, 4.69) is 45.0 Å². The Bertz CT molecular complexity index is 356. The first-order chi connectivity index (χ1) is 8.67. The van der Waals surface area contributed by atoms with Crippen LogP contribution >= 0.6 is 0 Å². The number of unbranched alkanes of at least 4 members (excludes halogenated alkanes) is 1. The smallest absolute Gasteiger partial charge is 0.222 e. The normalized spacial score (nSPS) is 10.4. The molecule has 0 unspecified atom stereocenters. The number of hydrogen-bond acceptors (Lipinski definition) is 1. The summed E-state index contributed by atoms with van der Waals surface area (Å²) >= 11 is 0. The second-order valence-corrected chi connectivity index (χ2v) is 4.81. The van der Waals surface area contributed by atoms with Gasteiger partial charge in [0.2, 0.25) is 5.91 Å². The SMILES string of the molecule is CCCCN(CC)C(=O)CCc1ccc(C)cc1. The number of carbonyl (C=O) groups excluding carboxylic acids is 1. The van der Waals surface area contributed by atoms with Gasteiger partial charge in [0.25, 0.3) is 0 Å². The number of hydrogen-bond donors (Lipinski definition) is 0. The predicted octanol–water partition coefficient (Wildman–Crippen LogP) is 3.58. The molecule has 0 heterocycles. The van der Waals surface area contributed by atoms with Crippen LogP contribution in [-0.4, -0.2) is 23.9 Å². The van der Waals surface area contributed by atoms with Gasteiger partial charge in [-0.05, 0) is 32.3 Å². The van der Waals surface area contributed by atoms with Gasteiger partial charge in [-0.2, -0.15) is 0 Å². The molecule has 1 rings (SSSR count). The molecule has 1 aromatic rings. The summed E-state index contributed by atoms with van der Waals surface area (Å²) in [5.74, 6) is 0.284. The quantitative estimate of drug-likeness (QED) is 0.721. The predicted molar refractivity (Wildman–Crippen MR) is 76.7 cm³/mol. The zero-order valence-corrected chi connectivity index (χ0v) is 11.9. The molecule has 0 fully saturated rings. The van der Waals surface area contributed by atoms with Gasteiger partial charge >= 0.3 is 0 Å². The second kappa shape index (κ2) is 7.91. The molecule has 0 spiro atoms. The van der Waals surface area contributed by atoms with Gasteiger partial charge in [-0.15, -0.1) is 0 Å². The summed E-state index contributed by atoms with van der Waals surface area (Å²) in [7, 11) is 0. The number of benzene rings is 1. The molecule has 0 aliphatic heterocycles. The highest BCUT2D eigenvalue weighted by atomic mass is 16.2. The largest absolute Gasteiger partial charge is 0.343 e. The summed E-state index contributed by atoms with van der Waals surface area (Å²) in [6.07, 6.45) is 3.72. The van der Waals surface area contributed by atoms with Crippen molar-refractivity contribution in [2.75, 3.05) is 13.1 Å². The van der Waals surface area contributed by atoms with Crippen LogP contribution in [-0.2, 0) is 11.2 Å². The third-order valence-electron chi connectivity index (χ3n) is 3.26. The molecule has 0 saturated carbocycles. The van der Waals surface area contributed by atoms with E-state index in [1.165, 1.54) is 11.1 Å². The molecule has 0 bridgehead atoms. The molecule has 0 aliphatic carbocycles. The Labute approximate surface area is 111 Å². The van der Waals surface area contributed by atoms with E-state index in [0.717, 1.165) is 32.4 Å². The zero-order chi connectivity index (χ0) is 13.4. The minimum absolute atomic E-state index is 0.284.